The molecule has 4 rings (SSSR count). The zero-order valence-corrected chi connectivity index (χ0v) is 22.6. The van der Waals surface area contributed by atoms with E-state index in [9.17, 15) is 9.90 Å². The van der Waals surface area contributed by atoms with Gasteiger partial charge in [-0.25, -0.2) is 0 Å². The number of H-pyrrole nitrogens is 1. The van der Waals surface area contributed by atoms with Gasteiger partial charge in [-0.3, -0.25) is 4.79 Å². The van der Waals surface area contributed by atoms with E-state index in [-0.39, 0.29) is 42.9 Å². The van der Waals surface area contributed by atoms with Crippen LogP contribution in [0.2, 0.25) is 0 Å². The summed E-state index contributed by atoms with van der Waals surface area (Å²) in [6.07, 6.45) is 4.65. The summed E-state index contributed by atoms with van der Waals surface area (Å²) >= 11 is 0. The van der Waals surface area contributed by atoms with Crippen LogP contribution in [-0.2, 0) is 0 Å². The van der Waals surface area contributed by atoms with E-state index in [4.69, 9.17) is 4.74 Å². The van der Waals surface area contributed by atoms with Crippen molar-refractivity contribution in [2.45, 2.75) is 58.1 Å². The van der Waals surface area contributed by atoms with E-state index in [1.54, 1.807) is 0 Å². The average molecular weight is 530 g/mol. The van der Waals surface area contributed by atoms with E-state index in [2.05, 4.69) is 33.9 Å². The van der Waals surface area contributed by atoms with Crippen molar-refractivity contribution in [1.82, 2.24) is 20.1 Å². The van der Waals surface area contributed by atoms with Crippen molar-refractivity contribution in [3.63, 3.8) is 0 Å². The van der Waals surface area contributed by atoms with Crippen molar-refractivity contribution in [1.29, 1.82) is 0 Å². The number of rotatable bonds is 9. The molecule has 0 aliphatic carbocycles. The van der Waals surface area contributed by atoms with Crippen LogP contribution in [0.5, 0.6) is 5.75 Å². The Morgan fingerprint density at radius 1 is 1.09 bits per heavy atom. The fourth-order valence-electron chi connectivity index (χ4n) is 4.77. The van der Waals surface area contributed by atoms with Gasteiger partial charge in [-0.15, -0.1) is 24.8 Å². The summed E-state index contributed by atoms with van der Waals surface area (Å²) < 4.78 is 5.98. The number of fused-ring (bicyclic) bond motifs is 1. The summed E-state index contributed by atoms with van der Waals surface area (Å²) in [7, 11) is 0. The first-order chi connectivity index (χ1) is 16.0. The maximum absolute atomic E-state index is 12.9. The molecule has 0 radical (unpaired) electrons. The number of benzene rings is 1. The lowest BCUT2D eigenvalue weighted by atomic mass is 10.0. The number of ether oxygens (including phenoxy) is 1. The number of aromatic amines is 1. The Morgan fingerprint density at radius 3 is 2.34 bits per heavy atom. The van der Waals surface area contributed by atoms with Gasteiger partial charge in [0.15, 0.2) is 0 Å². The molecule has 9 heteroatoms. The van der Waals surface area contributed by atoms with E-state index in [0.717, 1.165) is 88.0 Å². The summed E-state index contributed by atoms with van der Waals surface area (Å²) in [4.78, 5) is 21.1. The minimum atomic E-state index is -0.109. The second kappa shape index (κ2) is 14.3. The standard InChI is InChI=1S/C26H40N4O3.2ClH/c1-19(2)10-17-33-25-5-3-4-23-22(25)18-24(28-23)26(32)27-20-6-11-29(12-7-20)15-16-30-13-8-21(31)9-14-30;;/h3-5,18-21,28,31H,6-17H2,1-2H3,(H,27,32);2*1H. The smallest absolute Gasteiger partial charge is 0.267 e. The highest BCUT2D eigenvalue weighted by atomic mass is 35.5. The quantitative estimate of drug-likeness (QED) is 0.456. The first-order valence-corrected chi connectivity index (χ1v) is 12.7. The maximum atomic E-state index is 12.9. The van der Waals surface area contributed by atoms with Gasteiger partial charge in [0.25, 0.3) is 5.91 Å². The Balaban J connectivity index is 0.00000216. The van der Waals surface area contributed by atoms with Crippen LogP contribution in [0.4, 0.5) is 0 Å². The number of amides is 1. The Morgan fingerprint density at radius 2 is 1.71 bits per heavy atom. The number of carbonyl (C=O) groups is 1. The molecule has 2 saturated heterocycles. The van der Waals surface area contributed by atoms with Gasteiger partial charge >= 0.3 is 0 Å². The molecule has 0 atom stereocenters. The van der Waals surface area contributed by atoms with Crippen molar-refractivity contribution >= 4 is 41.6 Å². The fraction of sp³-hybridized carbons (Fsp3) is 0.654. The lowest BCUT2D eigenvalue weighted by Gasteiger charge is -2.35. The van der Waals surface area contributed by atoms with Crippen LogP contribution in [-0.4, -0.2) is 83.8 Å². The number of nitrogens with one attached hydrogen (secondary N) is 2. The third-order valence-corrected chi connectivity index (χ3v) is 7.03. The van der Waals surface area contributed by atoms with Crippen molar-refractivity contribution in [3.05, 3.63) is 30.0 Å². The number of nitrogens with zero attached hydrogens (tertiary/aromatic N) is 2. The van der Waals surface area contributed by atoms with E-state index < -0.39 is 0 Å². The van der Waals surface area contributed by atoms with Crippen molar-refractivity contribution in [2.24, 2.45) is 5.92 Å². The monoisotopic (exact) mass is 528 g/mol. The van der Waals surface area contributed by atoms with Gasteiger partial charge in [0, 0.05) is 56.2 Å². The van der Waals surface area contributed by atoms with Crippen LogP contribution >= 0.6 is 24.8 Å². The average Bonchev–Trinajstić information content (AvgIpc) is 3.25. The van der Waals surface area contributed by atoms with Gasteiger partial charge in [0.1, 0.15) is 11.4 Å². The van der Waals surface area contributed by atoms with E-state index >= 15 is 0 Å². The molecule has 0 unspecified atom stereocenters. The molecule has 2 aromatic rings. The van der Waals surface area contributed by atoms with Gasteiger partial charge < -0.3 is 29.9 Å². The predicted octanol–water partition coefficient (Wildman–Crippen LogP) is 4.09. The summed E-state index contributed by atoms with van der Waals surface area (Å²) in [6.45, 7) is 11.2. The normalized spacial score (nSPS) is 18.3. The Kier molecular flexibility index (Phi) is 12.1. The van der Waals surface area contributed by atoms with Crippen molar-refractivity contribution < 1.29 is 14.6 Å². The third-order valence-electron chi connectivity index (χ3n) is 7.03. The van der Waals surface area contributed by atoms with E-state index in [0.29, 0.717) is 18.2 Å². The second-order valence-electron chi connectivity index (χ2n) is 10.1. The number of aliphatic hydroxyl groups excluding tert-OH is 1. The molecular weight excluding hydrogens is 487 g/mol. The Labute approximate surface area is 221 Å². The lowest BCUT2D eigenvalue weighted by molar-refractivity contribution is 0.0729. The topological polar surface area (TPSA) is 80.8 Å². The number of carbonyl (C=O) groups excluding carboxylic acids is 1. The summed E-state index contributed by atoms with van der Waals surface area (Å²) in [5.74, 6) is 1.40. The molecule has 2 aliphatic rings. The fourth-order valence-corrected chi connectivity index (χ4v) is 4.77. The predicted molar refractivity (Wildman–Crippen MR) is 146 cm³/mol. The number of aromatic nitrogens is 1. The van der Waals surface area contributed by atoms with Crippen LogP contribution in [0.1, 0.15) is 56.4 Å². The first-order valence-electron chi connectivity index (χ1n) is 12.7. The van der Waals surface area contributed by atoms with Crippen LogP contribution in [0.25, 0.3) is 10.9 Å². The number of aliphatic hydroxyl groups is 1. The number of likely N-dealkylation sites (tertiary alicyclic amines) is 2. The number of halogens is 2. The van der Waals surface area contributed by atoms with Gasteiger partial charge in [0.05, 0.1) is 12.7 Å². The molecule has 0 spiro atoms. The molecule has 2 fully saturated rings. The largest absolute Gasteiger partial charge is 0.493 e. The van der Waals surface area contributed by atoms with E-state index in [1.807, 2.05) is 24.3 Å². The number of piperidine rings is 2. The first kappa shape index (κ1) is 29.7. The minimum Gasteiger partial charge on any atom is -0.493 e. The SMILES string of the molecule is CC(C)CCOc1cccc2[nH]c(C(=O)NC3CCN(CCN4CCC(O)CC4)CC3)cc12.Cl.Cl. The third kappa shape index (κ3) is 8.53. The van der Waals surface area contributed by atoms with Gasteiger partial charge in [-0.2, -0.15) is 0 Å². The summed E-state index contributed by atoms with van der Waals surface area (Å²) in [6, 6.07) is 8.06. The van der Waals surface area contributed by atoms with Gasteiger partial charge in [0.2, 0.25) is 0 Å². The molecule has 2 aliphatic heterocycles. The molecule has 1 amide bonds. The molecule has 7 nitrogen and oxygen atoms in total. The van der Waals surface area contributed by atoms with Gasteiger partial charge in [-0.1, -0.05) is 19.9 Å². The molecule has 0 saturated carbocycles. The highest BCUT2D eigenvalue weighted by Gasteiger charge is 2.23. The molecular formula is C26H42Cl2N4O3. The van der Waals surface area contributed by atoms with Crippen LogP contribution in [0, 0.1) is 5.92 Å². The zero-order valence-electron chi connectivity index (χ0n) is 21.0. The molecule has 1 aromatic heterocycles. The molecule has 3 heterocycles. The molecule has 198 valence electrons. The van der Waals surface area contributed by atoms with Crippen molar-refractivity contribution in [3.8, 4) is 5.75 Å². The molecule has 3 N–H and O–H groups in total. The number of hydrogen-bond donors (Lipinski definition) is 3. The molecule has 1 aromatic carbocycles. The Hall–Kier alpha value is -1.51. The molecule has 0 bridgehead atoms. The highest BCUT2D eigenvalue weighted by Crippen LogP contribution is 2.27. The van der Waals surface area contributed by atoms with Crippen molar-refractivity contribution in [2.75, 3.05) is 45.9 Å². The molecule has 35 heavy (non-hydrogen) atoms. The summed E-state index contributed by atoms with van der Waals surface area (Å²) in [5, 5.41) is 13.8. The number of hydrogen-bond acceptors (Lipinski definition) is 5. The van der Waals surface area contributed by atoms with Crippen LogP contribution in [0.15, 0.2) is 24.3 Å². The zero-order chi connectivity index (χ0) is 23.2. The Bertz CT molecular complexity index is 907. The lowest BCUT2D eigenvalue weighted by Crippen LogP contribution is -2.47. The minimum absolute atomic E-state index is 0. The van der Waals surface area contributed by atoms with E-state index in [1.165, 1.54) is 0 Å². The van der Waals surface area contributed by atoms with Crippen LogP contribution in [0.3, 0.4) is 0 Å². The summed E-state index contributed by atoms with van der Waals surface area (Å²) in [5.41, 5.74) is 1.53. The highest BCUT2D eigenvalue weighted by molar-refractivity contribution is 5.99. The maximum Gasteiger partial charge on any atom is 0.267 e. The van der Waals surface area contributed by atoms with Crippen LogP contribution < -0.4 is 10.1 Å². The van der Waals surface area contributed by atoms with Gasteiger partial charge in [-0.05, 0) is 56.2 Å². The second-order valence-corrected chi connectivity index (χ2v) is 10.1.